The second-order valence-electron chi connectivity index (χ2n) is 7.76. The van der Waals surface area contributed by atoms with Crippen molar-refractivity contribution in [2.75, 3.05) is 18.0 Å². The van der Waals surface area contributed by atoms with Crippen LogP contribution in [0.5, 0.6) is 0 Å². The van der Waals surface area contributed by atoms with Crippen LogP contribution in [0.3, 0.4) is 0 Å². The van der Waals surface area contributed by atoms with Crippen LogP contribution >= 0.6 is 0 Å². The SMILES string of the molecule is Cc1cc(CNC(=O)C(Cc2ccccc2)n2nnnc2C)cc(N2CCCC2)n1. The first kappa shape index (κ1) is 20.0. The molecule has 1 saturated heterocycles. The molecule has 30 heavy (non-hydrogen) atoms. The molecular weight excluding hydrogens is 378 g/mol. The molecule has 0 saturated carbocycles. The van der Waals surface area contributed by atoms with E-state index in [4.69, 9.17) is 0 Å². The van der Waals surface area contributed by atoms with E-state index in [9.17, 15) is 4.79 Å². The quantitative estimate of drug-likeness (QED) is 0.649. The summed E-state index contributed by atoms with van der Waals surface area (Å²) in [6.07, 6.45) is 2.93. The van der Waals surface area contributed by atoms with Gasteiger partial charge in [-0.15, -0.1) is 5.10 Å². The minimum Gasteiger partial charge on any atom is -0.357 e. The minimum atomic E-state index is -0.511. The fraction of sp³-hybridized carbons (Fsp3) is 0.409. The van der Waals surface area contributed by atoms with Gasteiger partial charge < -0.3 is 10.2 Å². The van der Waals surface area contributed by atoms with Gasteiger partial charge in [-0.1, -0.05) is 30.3 Å². The Balaban J connectivity index is 1.49. The van der Waals surface area contributed by atoms with Gasteiger partial charge in [0.25, 0.3) is 0 Å². The van der Waals surface area contributed by atoms with Gasteiger partial charge in [-0.2, -0.15) is 0 Å². The first-order chi connectivity index (χ1) is 14.6. The van der Waals surface area contributed by atoms with Crippen molar-refractivity contribution in [1.82, 2.24) is 30.5 Å². The molecule has 4 rings (SSSR count). The van der Waals surface area contributed by atoms with Crippen molar-refractivity contribution in [3.05, 3.63) is 65.1 Å². The molecule has 1 amide bonds. The van der Waals surface area contributed by atoms with Gasteiger partial charge in [0.15, 0.2) is 0 Å². The van der Waals surface area contributed by atoms with Gasteiger partial charge in [-0.05, 0) is 60.4 Å². The highest BCUT2D eigenvalue weighted by atomic mass is 16.2. The lowest BCUT2D eigenvalue weighted by atomic mass is 10.1. The van der Waals surface area contributed by atoms with Crippen molar-refractivity contribution < 1.29 is 4.79 Å². The van der Waals surface area contributed by atoms with E-state index in [1.165, 1.54) is 12.8 Å². The fourth-order valence-corrected chi connectivity index (χ4v) is 3.89. The van der Waals surface area contributed by atoms with E-state index in [1.807, 2.05) is 43.3 Å². The first-order valence-corrected chi connectivity index (χ1v) is 10.4. The van der Waals surface area contributed by atoms with Crippen LogP contribution in [0.2, 0.25) is 0 Å². The smallest absolute Gasteiger partial charge is 0.245 e. The molecule has 0 spiro atoms. The molecular formula is C22H27N7O. The molecule has 1 aliphatic heterocycles. The number of amides is 1. The molecule has 0 radical (unpaired) electrons. The molecule has 2 aromatic heterocycles. The van der Waals surface area contributed by atoms with Crippen LogP contribution in [0, 0.1) is 13.8 Å². The molecule has 3 aromatic rings. The Morgan fingerprint density at radius 3 is 2.57 bits per heavy atom. The van der Waals surface area contributed by atoms with Crippen LogP contribution in [-0.4, -0.2) is 44.2 Å². The van der Waals surface area contributed by atoms with Gasteiger partial charge in [0.2, 0.25) is 5.91 Å². The van der Waals surface area contributed by atoms with E-state index in [-0.39, 0.29) is 5.91 Å². The van der Waals surface area contributed by atoms with Gasteiger partial charge in [0.1, 0.15) is 17.7 Å². The summed E-state index contributed by atoms with van der Waals surface area (Å²) >= 11 is 0. The molecule has 1 aromatic carbocycles. The lowest BCUT2D eigenvalue weighted by Gasteiger charge is -2.20. The molecule has 0 bridgehead atoms. The second kappa shape index (κ2) is 9.02. The highest BCUT2D eigenvalue weighted by molar-refractivity contribution is 5.80. The monoisotopic (exact) mass is 405 g/mol. The van der Waals surface area contributed by atoms with Gasteiger partial charge in [-0.3, -0.25) is 4.79 Å². The van der Waals surface area contributed by atoms with E-state index in [0.717, 1.165) is 35.7 Å². The van der Waals surface area contributed by atoms with Crippen LogP contribution in [0.1, 0.15) is 41.5 Å². The normalized spacial score (nSPS) is 14.7. The van der Waals surface area contributed by atoms with E-state index in [0.29, 0.717) is 18.8 Å². The molecule has 8 nitrogen and oxygen atoms in total. The number of hydrogen-bond donors (Lipinski definition) is 1. The Morgan fingerprint density at radius 1 is 1.10 bits per heavy atom. The summed E-state index contributed by atoms with van der Waals surface area (Å²) in [6, 6.07) is 13.5. The molecule has 1 unspecified atom stereocenters. The van der Waals surface area contributed by atoms with Crippen molar-refractivity contribution in [3.8, 4) is 0 Å². The molecule has 8 heteroatoms. The topological polar surface area (TPSA) is 88.8 Å². The summed E-state index contributed by atoms with van der Waals surface area (Å²) in [7, 11) is 0. The molecule has 1 N–H and O–H groups in total. The number of benzene rings is 1. The molecule has 0 aliphatic carbocycles. The lowest BCUT2D eigenvalue weighted by Crippen LogP contribution is -2.34. The van der Waals surface area contributed by atoms with Gasteiger partial charge in [0, 0.05) is 31.7 Å². The molecule has 1 atom stereocenters. The number of nitrogens with one attached hydrogen (secondary N) is 1. The zero-order valence-corrected chi connectivity index (χ0v) is 17.5. The number of aryl methyl sites for hydroxylation is 2. The predicted octanol–water partition coefficient (Wildman–Crippen LogP) is 2.39. The fourth-order valence-electron chi connectivity index (χ4n) is 3.89. The largest absolute Gasteiger partial charge is 0.357 e. The van der Waals surface area contributed by atoms with Gasteiger partial charge in [0.05, 0.1) is 0 Å². The van der Waals surface area contributed by atoms with Crippen LogP contribution < -0.4 is 10.2 Å². The number of aromatic nitrogens is 5. The Kier molecular flexibility index (Phi) is 6.02. The lowest BCUT2D eigenvalue weighted by molar-refractivity contribution is -0.124. The number of carbonyl (C=O) groups excluding carboxylic acids is 1. The van der Waals surface area contributed by atoms with Crippen LogP contribution in [0.25, 0.3) is 0 Å². The van der Waals surface area contributed by atoms with E-state index >= 15 is 0 Å². The van der Waals surface area contributed by atoms with E-state index in [2.05, 4.69) is 36.8 Å². The summed E-state index contributed by atoms with van der Waals surface area (Å²) in [5, 5.41) is 14.8. The van der Waals surface area contributed by atoms with Gasteiger partial charge >= 0.3 is 0 Å². The number of nitrogens with zero attached hydrogens (tertiary/aromatic N) is 6. The molecule has 156 valence electrons. The van der Waals surface area contributed by atoms with Crippen molar-refractivity contribution in [1.29, 1.82) is 0 Å². The van der Waals surface area contributed by atoms with Crippen molar-refractivity contribution >= 4 is 11.7 Å². The number of tetrazole rings is 1. The minimum absolute atomic E-state index is 0.105. The van der Waals surface area contributed by atoms with Crippen molar-refractivity contribution in [2.24, 2.45) is 0 Å². The zero-order valence-electron chi connectivity index (χ0n) is 17.5. The first-order valence-electron chi connectivity index (χ1n) is 10.4. The summed E-state index contributed by atoms with van der Waals surface area (Å²) in [5.41, 5.74) is 3.06. The second-order valence-corrected chi connectivity index (χ2v) is 7.76. The molecule has 1 aliphatic rings. The Labute approximate surface area is 176 Å². The number of anilines is 1. The highest BCUT2D eigenvalue weighted by Gasteiger charge is 2.24. The summed E-state index contributed by atoms with van der Waals surface area (Å²) in [4.78, 5) is 20.1. The van der Waals surface area contributed by atoms with Crippen molar-refractivity contribution in [3.63, 3.8) is 0 Å². The zero-order chi connectivity index (χ0) is 20.9. The van der Waals surface area contributed by atoms with Crippen molar-refractivity contribution in [2.45, 2.75) is 45.7 Å². The molecule has 3 heterocycles. The maximum absolute atomic E-state index is 13.1. The number of rotatable bonds is 7. The number of pyridine rings is 1. The predicted molar refractivity (Wildman–Crippen MR) is 114 cm³/mol. The average Bonchev–Trinajstić information content (AvgIpc) is 3.43. The summed E-state index contributed by atoms with van der Waals surface area (Å²) in [5.74, 6) is 1.50. The molecule has 1 fully saturated rings. The standard InChI is InChI=1S/C22H27N7O/c1-16-12-19(14-21(24-16)28-10-6-7-11-28)15-23-22(30)20(29-17(2)25-26-27-29)13-18-8-4-3-5-9-18/h3-5,8-9,12,14,20H,6-7,10-11,13,15H2,1-2H3,(H,23,30). The van der Waals surface area contributed by atoms with Crippen LogP contribution in [0.4, 0.5) is 5.82 Å². The number of carbonyl (C=O) groups is 1. The Morgan fingerprint density at radius 2 is 1.87 bits per heavy atom. The summed E-state index contributed by atoms with van der Waals surface area (Å²) < 4.78 is 1.59. The maximum atomic E-state index is 13.1. The summed E-state index contributed by atoms with van der Waals surface area (Å²) in [6.45, 7) is 6.32. The third kappa shape index (κ3) is 4.64. The average molecular weight is 406 g/mol. The number of hydrogen-bond acceptors (Lipinski definition) is 6. The Bertz CT molecular complexity index is 996. The van der Waals surface area contributed by atoms with Crippen LogP contribution in [0.15, 0.2) is 42.5 Å². The maximum Gasteiger partial charge on any atom is 0.245 e. The Hall–Kier alpha value is -3.29. The van der Waals surface area contributed by atoms with Gasteiger partial charge in [-0.25, -0.2) is 9.67 Å². The third-order valence-electron chi connectivity index (χ3n) is 5.42. The van der Waals surface area contributed by atoms with E-state index in [1.54, 1.807) is 11.6 Å². The van der Waals surface area contributed by atoms with Crippen LogP contribution in [-0.2, 0) is 17.8 Å². The van der Waals surface area contributed by atoms with E-state index < -0.39 is 6.04 Å². The highest BCUT2D eigenvalue weighted by Crippen LogP contribution is 2.20. The third-order valence-corrected chi connectivity index (χ3v) is 5.42.